The summed E-state index contributed by atoms with van der Waals surface area (Å²) in [5, 5.41) is 6.16. The summed E-state index contributed by atoms with van der Waals surface area (Å²) in [5.74, 6) is 0.658. The summed E-state index contributed by atoms with van der Waals surface area (Å²) in [5.41, 5.74) is 3.46. The van der Waals surface area contributed by atoms with E-state index in [1.807, 2.05) is 36.4 Å². The van der Waals surface area contributed by atoms with Crippen molar-refractivity contribution >= 4 is 11.6 Å². The fraction of sp³-hybridized carbons (Fsp3) is 0.190. The number of nitrogens with one attached hydrogen (secondary N) is 2. The molecule has 0 radical (unpaired) electrons. The Balaban J connectivity index is 1.47. The molecule has 1 aromatic carbocycles. The standard InChI is InChI=1S/C21H22N4O2/c1-27-19-4-2-3-16(13-19)9-12-23-18-5-6-20(24-15-18)21(26)25-14-17-7-10-22-11-8-17/h2-8,10-11,13,15,23H,9,12,14H2,1H3,(H,25,26). The third-order valence-corrected chi connectivity index (χ3v) is 4.08. The van der Waals surface area contributed by atoms with Gasteiger partial charge in [-0.1, -0.05) is 12.1 Å². The first-order chi connectivity index (χ1) is 13.2. The van der Waals surface area contributed by atoms with Gasteiger partial charge in [0, 0.05) is 25.5 Å². The number of carbonyl (C=O) groups is 1. The number of pyridine rings is 2. The highest BCUT2D eigenvalue weighted by Gasteiger charge is 2.07. The molecule has 0 atom stereocenters. The van der Waals surface area contributed by atoms with Crippen LogP contribution in [0.1, 0.15) is 21.6 Å². The molecule has 2 aromatic heterocycles. The Hall–Kier alpha value is -3.41. The van der Waals surface area contributed by atoms with E-state index in [1.165, 1.54) is 5.56 Å². The smallest absolute Gasteiger partial charge is 0.270 e. The summed E-state index contributed by atoms with van der Waals surface area (Å²) in [6.07, 6.45) is 5.94. The fourth-order valence-corrected chi connectivity index (χ4v) is 2.59. The average Bonchev–Trinajstić information content (AvgIpc) is 2.73. The van der Waals surface area contributed by atoms with Gasteiger partial charge >= 0.3 is 0 Å². The number of ether oxygens (including phenoxy) is 1. The maximum absolute atomic E-state index is 12.2. The van der Waals surface area contributed by atoms with Crippen LogP contribution >= 0.6 is 0 Å². The van der Waals surface area contributed by atoms with E-state index in [2.05, 4.69) is 26.7 Å². The van der Waals surface area contributed by atoms with Crippen LogP contribution in [0.2, 0.25) is 0 Å². The lowest BCUT2D eigenvalue weighted by molar-refractivity contribution is 0.0946. The number of amides is 1. The second kappa shape index (κ2) is 9.33. The number of rotatable bonds is 8. The molecule has 6 heteroatoms. The molecule has 0 bridgehead atoms. The molecule has 0 spiro atoms. The molecule has 0 fully saturated rings. The van der Waals surface area contributed by atoms with E-state index in [-0.39, 0.29) is 5.91 Å². The van der Waals surface area contributed by atoms with Crippen molar-refractivity contribution in [3.8, 4) is 5.75 Å². The third-order valence-electron chi connectivity index (χ3n) is 4.08. The minimum absolute atomic E-state index is 0.199. The quantitative estimate of drug-likeness (QED) is 0.644. The van der Waals surface area contributed by atoms with Gasteiger partial charge < -0.3 is 15.4 Å². The van der Waals surface area contributed by atoms with Crippen molar-refractivity contribution in [2.24, 2.45) is 0 Å². The number of nitrogens with zero attached hydrogens (tertiary/aromatic N) is 2. The molecule has 0 saturated carbocycles. The number of methoxy groups -OCH3 is 1. The first-order valence-electron chi connectivity index (χ1n) is 8.74. The zero-order valence-electron chi connectivity index (χ0n) is 15.2. The number of carbonyl (C=O) groups excluding carboxylic acids is 1. The van der Waals surface area contributed by atoms with E-state index in [4.69, 9.17) is 4.74 Å². The Kier molecular flexibility index (Phi) is 6.35. The molecular weight excluding hydrogens is 340 g/mol. The van der Waals surface area contributed by atoms with E-state index in [0.29, 0.717) is 12.2 Å². The molecule has 0 unspecified atom stereocenters. The lowest BCUT2D eigenvalue weighted by atomic mass is 10.1. The highest BCUT2D eigenvalue weighted by atomic mass is 16.5. The van der Waals surface area contributed by atoms with Crippen LogP contribution in [0.4, 0.5) is 5.69 Å². The van der Waals surface area contributed by atoms with Crippen molar-refractivity contribution in [2.45, 2.75) is 13.0 Å². The number of aromatic nitrogens is 2. The van der Waals surface area contributed by atoms with Crippen LogP contribution in [0.5, 0.6) is 5.75 Å². The van der Waals surface area contributed by atoms with Crippen molar-refractivity contribution < 1.29 is 9.53 Å². The summed E-state index contributed by atoms with van der Waals surface area (Å²) in [4.78, 5) is 20.4. The van der Waals surface area contributed by atoms with Crippen LogP contribution in [-0.2, 0) is 13.0 Å². The van der Waals surface area contributed by atoms with Crippen LogP contribution in [-0.4, -0.2) is 29.5 Å². The summed E-state index contributed by atoms with van der Waals surface area (Å²) >= 11 is 0. The van der Waals surface area contributed by atoms with Crippen LogP contribution in [0.3, 0.4) is 0 Å². The Morgan fingerprint density at radius 2 is 1.93 bits per heavy atom. The first-order valence-corrected chi connectivity index (χ1v) is 8.74. The van der Waals surface area contributed by atoms with E-state index in [9.17, 15) is 4.79 Å². The Morgan fingerprint density at radius 1 is 1.07 bits per heavy atom. The van der Waals surface area contributed by atoms with Gasteiger partial charge in [0.25, 0.3) is 5.91 Å². The molecule has 0 aliphatic rings. The van der Waals surface area contributed by atoms with Crippen LogP contribution in [0, 0.1) is 0 Å². The summed E-state index contributed by atoms with van der Waals surface area (Å²) in [6.45, 7) is 1.21. The van der Waals surface area contributed by atoms with Gasteiger partial charge in [-0.25, -0.2) is 4.98 Å². The SMILES string of the molecule is COc1cccc(CCNc2ccc(C(=O)NCc3ccncc3)nc2)c1. The maximum atomic E-state index is 12.2. The van der Waals surface area contributed by atoms with Gasteiger partial charge in [-0.3, -0.25) is 9.78 Å². The average molecular weight is 362 g/mol. The number of hydrogen-bond donors (Lipinski definition) is 2. The Labute approximate surface area is 158 Å². The van der Waals surface area contributed by atoms with Gasteiger partial charge in [0.05, 0.1) is 19.0 Å². The molecule has 1 amide bonds. The molecule has 138 valence electrons. The summed E-state index contributed by atoms with van der Waals surface area (Å²) in [6, 6.07) is 15.3. The summed E-state index contributed by atoms with van der Waals surface area (Å²) < 4.78 is 5.23. The van der Waals surface area contributed by atoms with E-state index < -0.39 is 0 Å². The number of anilines is 1. The van der Waals surface area contributed by atoms with Crippen molar-refractivity contribution in [1.82, 2.24) is 15.3 Å². The second-order valence-electron chi connectivity index (χ2n) is 6.00. The van der Waals surface area contributed by atoms with Crippen LogP contribution in [0.15, 0.2) is 67.1 Å². The molecule has 6 nitrogen and oxygen atoms in total. The highest BCUT2D eigenvalue weighted by Crippen LogP contribution is 2.13. The van der Waals surface area contributed by atoms with Gasteiger partial charge in [-0.15, -0.1) is 0 Å². The molecule has 2 heterocycles. The zero-order chi connectivity index (χ0) is 18.9. The van der Waals surface area contributed by atoms with Crippen molar-refractivity contribution in [3.63, 3.8) is 0 Å². The van der Waals surface area contributed by atoms with Gasteiger partial charge in [0.2, 0.25) is 0 Å². The molecule has 27 heavy (non-hydrogen) atoms. The fourth-order valence-electron chi connectivity index (χ4n) is 2.59. The maximum Gasteiger partial charge on any atom is 0.270 e. The van der Waals surface area contributed by atoms with Crippen molar-refractivity contribution in [1.29, 1.82) is 0 Å². The van der Waals surface area contributed by atoms with Crippen LogP contribution < -0.4 is 15.4 Å². The topological polar surface area (TPSA) is 76.1 Å². The minimum atomic E-state index is -0.199. The van der Waals surface area contributed by atoms with Crippen LogP contribution in [0.25, 0.3) is 0 Å². The van der Waals surface area contributed by atoms with Gasteiger partial charge in [-0.2, -0.15) is 0 Å². The molecule has 3 aromatic rings. The van der Waals surface area contributed by atoms with Gasteiger partial charge in [0.1, 0.15) is 11.4 Å². The summed E-state index contributed by atoms with van der Waals surface area (Å²) in [7, 11) is 1.66. The molecular formula is C21H22N4O2. The van der Waals surface area contributed by atoms with Crippen molar-refractivity contribution in [3.05, 3.63) is 83.9 Å². The van der Waals surface area contributed by atoms with E-state index in [0.717, 1.165) is 30.0 Å². The minimum Gasteiger partial charge on any atom is -0.497 e. The second-order valence-corrected chi connectivity index (χ2v) is 6.00. The molecule has 0 saturated heterocycles. The first kappa shape index (κ1) is 18.4. The lowest BCUT2D eigenvalue weighted by Crippen LogP contribution is -2.23. The number of benzene rings is 1. The zero-order valence-corrected chi connectivity index (χ0v) is 15.2. The van der Waals surface area contributed by atoms with E-state index in [1.54, 1.807) is 31.8 Å². The Bertz CT molecular complexity index is 867. The highest BCUT2D eigenvalue weighted by molar-refractivity contribution is 5.92. The largest absolute Gasteiger partial charge is 0.497 e. The molecule has 0 aliphatic carbocycles. The predicted octanol–water partition coefficient (Wildman–Crippen LogP) is 3.07. The monoisotopic (exact) mass is 362 g/mol. The normalized spacial score (nSPS) is 10.3. The number of hydrogen-bond acceptors (Lipinski definition) is 5. The Morgan fingerprint density at radius 3 is 2.67 bits per heavy atom. The molecule has 2 N–H and O–H groups in total. The predicted molar refractivity (Wildman–Crippen MR) is 105 cm³/mol. The van der Waals surface area contributed by atoms with Crippen molar-refractivity contribution in [2.75, 3.05) is 19.0 Å². The van der Waals surface area contributed by atoms with Gasteiger partial charge in [-0.05, 0) is 53.9 Å². The van der Waals surface area contributed by atoms with Gasteiger partial charge in [0.15, 0.2) is 0 Å². The van der Waals surface area contributed by atoms with E-state index >= 15 is 0 Å². The lowest BCUT2D eigenvalue weighted by Gasteiger charge is -2.08. The molecule has 0 aliphatic heterocycles. The third kappa shape index (κ3) is 5.54. The molecule has 3 rings (SSSR count).